The number of benzene rings is 1. The summed E-state index contributed by atoms with van der Waals surface area (Å²) in [5.74, 6) is 0.0309. The topological polar surface area (TPSA) is 65.9 Å². The number of hydrogen-bond donors (Lipinski definition) is 0. The zero-order valence-electron chi connectivity index (χ0n) is 17.7. The van der Waals surface area contributed by atoms with Gasteiger partial charge in [-0.1, -0.05) is 18.2 Å². The molecule has 1 aromatic carbocycles. The lowest BCUT2D eigenvalue weighted by Crippen LogP contribution is -2.51. The molecule has 0 radical (unpaired) electrons. The van der Waals surface area contributed by atoms with Gasteiger partial charge in [-0.25, -0.2) is 4.79 Å². The maximum absolute atomic E-state index is 13.2. The number of likely N-dealkylation sites (tertiary alicyclic amines) is 2. The molecular formula is C24H28N4O3. The minimum absolute atomic E-state index is 0.00765. The van der Waals surface area contributed by atoms with Gasteiger partial charge in [0.15, 0.2) is 0 Å². The Hall–Kier alpha value is -3.09. The molecule has 0 aliphatic carbocycles. The molecule has 7 heteroatoms. The molecule has 3 aliphatic rings. The Morgan fingerprint density at radius 2 is 1.65 bits per heavy atom. The summed E-state index contributed by atoms with van der Waals surface area (Å²) in [7, 11) is 0. The van der Waals surface area contributed by atoms with E-state index in [2.05, 4.69) is 0 Å². The van der Waals surface area contributed by atoms with E-state index < -0.39 is 0 Å². The SMILES string of the molecule is O=C(c1ccccc1)N1CCCC(C(=O)N2CCC(N3Cc4cccn4C3=O)CC2)C1. The van der Waals surface area contributed by atoms with Crippen molar-refractivity contribution in [1.29, 1.82) is 0 Å². The van der Waals surface area contributed by atoms with Crippen LogP contribution >= 0.6 is 0 Å². The Labute approximate surface area is 182 Å². The van der Waals surface area contributed by atoms with Crippen molar-refractivity contribution in [3.63, 3.8) is 0 Å². The smallest absolute Gasteiger partial charge is 0.329 e. The van der Waals surface area contributed by atoms with Crippen molar-refractivity contribution in [3.05, 3.63) is 59.9 Å². The predicted octanol–water partition coefficient (Wildman–Crippen LogP) is 2.82. The fourth-order valence-electron chi connectivity index (χ4n) is 5.18. The summed E-state index contributed by atoms with van der Waals surface area (Å²) < 4.78 is 1.72. The summed E-state index contributed by atoms with van der Waals surface area (Å²) in [6.07, 6.45) is 5.12. The van der Waals surface area contributed by atoms with Gasteiger partial charge in [-0.15, -0.1) is 0 Å². The number of aromatic nitrogens is 1. The second-order valence-corrected chi connectivity index (χ2v) is 8.79. The molecule has 31 heavy (non-hydrogen) atoms. The van der Waals surface area contributed by atoms with Gasteiger partial charge < -0.3 is 14.7 Å². The molecule has 0 saturated carbocycles. The van der Waals surface area contributed by atoms with Crippen molar-refractivity contribution in [3.8, 4) is 0 Å². The maximum atomic E-state index is 13.2. The van der Waals surface area contributed by atoms with Crippen molar-refractivity contribution in [2.75, 3.05) is 26.2 Å². The number of amides is 3. The van der Waals surface area contributed by atoms with Gasteiger partial charge in [0.25, 0.3) is 5.91 Å². The predicted molar refractivity (Wildman–Crippen MR) is 115 cm³/mol. The highest BCUT2D eigenvalue weighted by atomic mass is 16.2. The number of carbonyl (C=O) groups excluding carboxylic acids is 3. The van der Waals surface area contributed by atoms with E-state index in [4.69, 9.17) is 0 Å². The van der Waals surface area contributed by atoms with Crippen molar-refractivity contribution in [2.45, 2.75) is 38.3 Å². The van der Waals surface area contributed by atoms with Crippen LogP contribution in [0.5, 0.6) is 0 Å². The maximum Gasteiger partial charge on any atom is 0.329 e. The van der Waals surface area contributed by atoms with Crippen LogP contribution in [0, 0.1) is 5.92 Å². The van der Waals surface area contributed by atoms with Crippen molar-refractivity contribution < 1.29 is 14.4 Å². The highest BCUT2D eigenvalue weighted by molar-refractivity contribution is 5.94. The highest BCUT2D eigenvalue weighted by Gasteiger charge is 2.37. The Kier molecular flexibility index (Phi) is 5.26. The first kappa shape index (κ1) is 19.8. The minimum atomic E-state index is -0.132. The number of rotatable bonds is 3. The van der Waals surface area contributed by atoms with E-state index in [-0.39, 0.29) is 29.8 Å². The van der Waals surface area contributed by atoms with E-state index in [1.165, 1.54) is 0 Å². The second-order valence-electron chi connectivity index (χ2n) is 8.79. The van der Waals surface area contributed by atoms with Crippen LogP contribution in [0.15, 0.2) is 48.7 Å². The van der Waals surface area contributed by atoms with E-state index in [0.717, 1.165) is 31.4 Å². The molecule has 1 atom stereocenters. The van der Waals surface area contributed by atoms with Crippen LogP contribution in [0.4, 0.5) is 4.79 Å². The summed E-state index contributed by atoms with van der Waals surface area (Å²) in [6.45, 7) is 3.20. The Balaban J connectivity index is 1.16. The first-order chi connectivity index (χ1) is 15.1. The molecule has 3 aliphatic heterocycles. The molecule has 2 aromatic rings. The van der Waals surface area contributed by atoms with Gasteiger partial charge in [-0.3, -0.25) is 14.2 Å². The van der Waals surface area contributed by atoms with Crippen LogP contribution < -0.4 is 0 Å². The zero-order chi connectivity index (χ0) is 21.4. The summed E-state index contributed by atoms with van der Waals surface area (Å²) >= 11 is 0. The lowest BCUT2D eigenvalue weighted by atomic mass is 9.94. The van der Waals surface area contributed by atoms with Crippen molar-refractivity contribution >= 4 is 17.8 Å². The van der Waals surface area contributed by atoms with Crippen LogP contribution in [0.3, 0.4) is 0 Å². The fourth-order valence-corrected chi connectivity index (χ4v) is 5.18. The highest BCUT2D eigenvalue weighted by Crippen LogP contribution is 2.27. The minimum Gasteiger partial charge on any atom is -0.342 e. The third kappa shape index (κ3) is 3.73. The van der Waals surface area contributed by atoms with Crippen LogP contribution in [0.1, 0.15) is 41.7 Å². The van der Waals surface area contributed by atoms with Crippen molar-refractivity contribution in [2.24, 2.45) is 5.92 Å². The number of nitrogens with zero attached hydrogens (tertiary/aromatic N) is 4. The molecular weight excluding hydrogens is 392 g/mol. The molecule has 1 unspecified atom stereocenters. The van der Waals surface area contributed by atoms with E-state index in [0.29, 0.717) is 38.3 Å². The normalized spacial score (nSPS) is 22.0. The molecule has 5 rings (SSSR count). The first-order valence-electron chi connectivity index (χ1n) is 11.2. The summed E-state index contributed by atoms with van der Waals surface area (Å²) in [4.78, 5) is 44.3. The van der Waals surface area contributed by atoms with Crippen LogP contribution in [-0.4, -0.2) is 69.3 Å². The molecule has 2 saturated heterocycles. The molecule has 4 heterocycles. The quantitative estimate of drug-likeness (QED) is 0.767. The molecule has 7 nitrogen and oxygen atoms in total. The molecule has 1 aromatic heterocycles. The fraction of sp³-hybridized carbons (Fsp3) is 0.458. The summed E-state index contributed by atoms with van der Waals surface area (Å²) in [6, 6.07) is 13.4. The third-order valence-corrected chi connectivity index (χ3v) is 6.91. The van der Waals surface area contributed by atoms with Crippen LogP contribution in [0.2, 0.25) is 0 Å². The van der Waals surface area contributed by atoms with Gasteiger partial charge in [0.2, 0.25) is 5.91 Å². The molecule has 3 amide bonds. The number of carbonyl (C=O) groups is 3. The first-order valence-corrected chi connectivity index (χ1v) is 11.2. The standard InChI is InChI=1S/C24H28N4O3/c29-22(18-6-2-1-3-7-18)26-12-4-8-19(16-26)23(30)25-14-10-20(11-15-25)28-17-21-9-5-13-27(21)24(28)31/h1-3,5-7,9,13,19-20H,4,8,10-12,14-17H2. The van der Waals surface area contributed by atoms with E-state index >= 15 is 0 Å². The van der Waals surface area contributed by atoms with Gasteiger partial charge in [-0.2, -0.15) is 0 Å². The van der Waals surface area contributed by atoms with Gasteiger partial charge in [0.1, 0.15) is 0 Å². The van der Waals surface area contributed by atoms with Crippen LogP contribution in [-0.2, 0) is 11.3 Å². The molecule has 0 N–H and O–H groups in total. The second kappa shape index (κ2) is 8.21. The lowest BCUT2D eigenvalue weighted by Gasteiger charge is -2.39. The van der Waals surface area contributed by atoms with Gasteiger partial charge >= 0.3 is 6.03 Å². The molecule has 0 bridgehead atoms. The monoisotopic (exact) mass is 420 g/mol. The summed E-state index contributed by atoms with van der Waals surface area (Å²) in [5.41, 5.74) is 1.71. The Morgan fingerprint density at radius 3 is 2.39 bits per heavy atom. The Bertz CT molecular complexity index is 978. The zero-order valence-corrected chi connectivity index (χ0v) is 17.7. The van der Waals surface area contributed by atoms with E-state index in [9.17, 15) is 14.4 Å². The molecule has 0 spiro atoms. The summed E-state index contributed by atoms with van der Waals surface area (Å²) in [5, 5.41) is 0. The van der Waals surface area contributed by atoms with E-state index in [1.54, 1.807) is 4.57 Å². The molecule has 162 valence electrons. The third-order valence-electron chi connectivity index (χ3n) is 6.91. The molecule has 2 fully saturated rings. The average molecular weight is 421 g/mol. The van der Waals surface area contributed by atoms with Crippen LogP contribution in [0.25, 0.3) is 0 Å². The largest absolute Gasteiger partial charge is 0.342 e. The Morgan fingerprint density at radius 1 is 0.871 bits per heavy atom. The number of piperidine rings is 2. The average Bonchev–Trinajstić information content (AvgIpc) is 3.42. The number of hydrogen-bond acceptors (Lipinski definition) is 3. The van der Waals surface area contributed by atoms with Gasteiger partial charge in [0, 0.05) is 49.7 Å². The lowest BCUT2D eigenvalue weighted by molar-refractivity contribution is -0.138. The van der Waals surface area contributed by atoms with Crippen molar-refractivity contribution in [1.82, 2.24) is 19.3 Å². The van der Waals surface area contributed by atoms with E-state index in [1.807, 2.05) is 63.4 Å². The van der Waals surface area contributed by atoms with Gasteiger partial charge in [-0.05, 0) is 49.9 Å². The number of fused-ring (bicyclic) bond motifs is 1. The van der Waals surface area contributed by atoms with Gasteiger partial charge in [0.05, 0.1) is 12.5 Å².